The molecule has 1 atom stereocenters. The van der Waals surface area contributed by atoms with Crippen LogP contribution in [-0.2, 0) is 17.6 Å². The Labute approximate surface area is 220 Å². The van der Waals surface area contributed by atoms with E-state index in [1.165, 1.54) is 5.56 Å². The Morgan fingerprint density at radius 3 is 2.68 bits per heavy atom. The van der Waals surface area contributed by atoms with Gasteiger partial charge in [-0.2, -0.15) is 0 Å². The van der Waals surface area contributed by atoms with Crippen LogP contribution in [0.1, 0.15) is 65.3 Å². The van der Waals surface area contributed by atoms with Crippen molar-refractivity contribution in [1.29, 1.82) is 0 Å². The molecular weight excluding hydrogens is 488 g/mol. The van der Waals surface area contributed by atoms with Crippen molar-refractivity contribution in [3.8, 4) is 11.3 Å². The van der Waals surface area contributed by atoms with E-state index in [0.717, 1.165) is 41.8 Å². The number of aromatic nitrogens is 3. The molecule has 4 aromatic rings. The van der Waals surface area contributed by atoms with E-state index < -0.39 is 5.97 Å². The Morgan fingerprint density at radius 1 is 1.03 bits per heavy atom. The highest BCUT2D eigenvalue weighted by Crippen LogP contribution is 2.30. The highest BCUT2D eigenvalue weighted by molar-refractivity contribution is 6.30. The fraction of sp³-hybridized carbons (Fsp3) is 0.276. The van der Waals surface area contributed by atoms with E-state index >= 15 is 0 Å². The van der Waals surface area contributed by atoms with Crippen LogP contribution in [0.4, 0.5) is 0 Å². The SMILES string of the molecule is O=C(O)CCCCc1nc2cc(C(=O)NC3CCCc4ccncc43)ccc2nc1-c1ccc(Cl)cc1. The third-order valence-electron chi connectivity index (χ3n) is 6.74. The number of carbonyl (C=O) groups excluding carboxylic acids is 1. The smallest absolute Gasteiger partial charge is 0.303 e. The molecule has 0 aliphatic heterocycles. The van der Waals surface area contributed by atoms with Crippen molar-refractivity contribution in [2.75, 3.05) is 0 Å². The number of aliphatic carboxylic acids is 1. The number of amides is 1. The molecule has 2 heterocycles. The summed E-state index contributed by atoms with van der Waals surface area (Å²) in [6, 6.07) is 14.7. The van der Waals surface area contributed by atoms with Crippen LogP contribution in [0.5, 0.6) is 0 Å². The summed E-state index contributed by atoms with van der Waals surface area (Å²) in [5.74, 6) is -0.968. The lowest BCUT2D eigenvalue weighted by atomic mass is 9.89. The summed E-state index contributed by atoms with van der Waals surface area (Å²) in [6.45, 7) is 0. The van der Waals surface area contributed by atoms with Gasteiger partial charge in [0.05, 0.1) is 28.5 Å². The second kappa shape index (κ2) is 11.0. The quantitative estimate of drug-likeness (QED) is 0.281. The average molecular weight is 515 g/mol. The molecule has 2 N–H and O–H groups in total. The molecule has 0 saturated heterocycles. The van der Waals surface area contributed by atoms with Gasteiger partial charge >= 0.3 is 5.97 Å². The molecule has 5 rings (SSSR count). The van der Waals surface area contributed by atoms with Crippen LogP contribution in [0.3, 0.4) is 0 Å². The predicted octanol–water partition coefficient (Wildman–Crippen LogP) is 5.95. The van der Waals surface area contributed by atoms with Gasteiger partial charge < -0.3 is 10.4 Å². The van der Waals surface area contributed by atoms with Crippen molar-refractivity contribution in [2.45, 2.75) is 51.0 Å². The van der Waals surface area contributed by atoms with Gasteiger partial charge in [0, 0.05) is 35.0 Å². The number of carboxylic acids is 1. The maximum absolute atomic E-state index is 13.2. The third kappa shape index (κ3) is 5.78. The summed E-state index contributed by atoms with van der Waals surface area (Å²) in [5, 5.41) is 12.8. The van der Waals surface area contributed by atoms with Crippen LogP contribution in [0.15, 0.2) is 60.9 Å². The standard InChI is InChI=1S/C29H27ClN4O3/c30-21-11-8-19(9-12-21)28-25(5-1-2-7-27(35)36)32-26-16-20(10-13-24(26)33-28)29(37)34-23-6-3-4-18-14-15-31-17-22(18)23/h8-17,23H,1-7H2,(H,34,37)(H,35,36). The monoisotopic (exact) mass is 514 g/mol. The van der Waals surface area contributed by atoms with Gasteiger partial charge in [-0.25, -0.2) is 9.97 Å². The van der Waals surface area contributed by atoms with E-state index in [-0.39, 0.29) is 18.4 Å². The zero-order valence-corrected chi connectivity index (χ0v) is 21.0. The zero-order valence-electron chi connectivity index (χ0n) is 20.3. The number of hydrogen-bond donors (Lipinski definition) is 2. The van der Waals surface area contributed by atoms with Crippen molar-refractivity contribution in [2.24, 2.45) is 0 Å². The van der Waals surface area contributed by atoms with Crippen LogP contribution in [0.2, 0.25) is 5.02 Å². The van der Waals surface area contributed by atoms with Gasteiger partial charge in [0.1, 0.15) is 0 Å². The first-order chi connectivity index (χ1) is 18.0. The molecule has 8 heteroatoms. The largest absolute Gasteiger partial charge is 0.481 e. The van der Waals surface area contributed by atoms with Crippen molar-refractivity contribution < 1.29 is 14.7 Å². The number of benzene rings is 2. The van der Waals surface area contributed by atoms with Crippen LogP contribution in [0, 0.1) is 0 Å². The fourth-order valence-electron chi connectivity index (χ4n) is 4.83. The molecule has 2 aromatic carbocycles. The second-order valence-electron chi connectivity index (χ2n) is 9.32. The highest BCUT2D eigenvalue weighted by Gasteiger charge is 2.23. The van der Waals surface area contributed by atoms with Crippen LogP contribution in [0.25, 0.3) is 22.3 Å². The van der Waals surface area contributed by atoms with Gasteiger partial charge in [0.2, 0.25) is 0 Å². The molecule has 0 fully saturated rings. The maximum atomic E-state index is 13.2. The van der Waals surface area contributed by atoms with Crippen LogP contribution < -0.4 is 5.32 Å². The lowest BCUT2D eigenvalue weighted by Gasteiger charge is -2.25. The van der Waals surface area contributed by atoms with E-state index in [2.05, 4.69) is 10.3 Å². The minimum atomic E-state index is -0.811. The Kier molecular flexibility index (Phi) is 7.42. The van der Waals surface area contributed by atoms with Crippen molar-refractivity contribution in [3.63, 3.8) is 0 Å². The third-order valence-corrected chi connectivity index (χ3v) is 6.99. The molecule has 0 saturated carbocycles. The first-order valence-electron chi connectivity index (χ1n) is 12.5. The molecule has 0 radical (unpaired) electrons. The second-order valence-corrected chi connectivity index (χ2v) is 9.76. The number of pyridine rings is 1. The van der Waals surface area contributed by atoms with Gasteiger partial charge in [-0.3, -0.25) is 14.6 Å². The number of carbonyl (C=O) groups is 2. The number of rotatable bonds is 8. The molecule has 188 valence electrons. The molecular formula is C29H27ClN4O3. The average Bonchev–Trinajstić information content (AvgIpc) is 2.91. The maximum Gasteiger partial charge on any atom is 0.303 e. The molecule has 1 amide bonds. The van der Waals surface area contributed by atoms with E-state index in [0.29, 0.717) is 40.9 Å². The molecule has 1 unspecified atom stereocenters. The zero-order chi connectivity index (χ0) is 25.8. The van der Waals surface area contributed by atoms with E-state index in [9.17, 15) is 9.59 Å². The number of fused-ring (bicyclic) bond motifs is 2. The summed E-state index contributed by atoms with van der Waals surface area (Å²) in [4.78, 5) is 38.1. The van der Waals surface area contributed by atoms with Crippen molar-refractivity contribution in [1.82, 2.24) is 20.3 Å². The minimum absolute atomic E-state index is 0.0659. The molecule has 1 aliphatic carbocycles. The lowest BCUT2D eigenvalue weighted by Crippen LogP contribution is -2.31. The minimum Gasteiger partial charge on any atom is -0.481 e. The number of unbranched alkanes of at least 4 members (excludes halogenated alkanes) is 1. The number of aryl methyl sites for hydroxylation is 2. The van der Waals surface area contributed by atoms with Crippen molar-refractivity contribution >= 4 is 34.5 Å². The summed E-state index contributed by atoms with van der Waals surface area (Å²) in [7, 11) is 0. The van der Waals surface area contributed by atoms with Crippen molar-refractivity contribution in [3.05, 3.63) is 88.3 Å². The van der Waals surface area contributed by atoms with Gasteiger partial charge in [0.15, 0.2) is 0 Å². The lowest BCUT2D eigenvalue weighted by molar-refractivity contribution is -0.137. The first kappa shape index (κ1) is 24.8. The molecule has 0 spiro atoms. The molecule has 0 bridgehead atoms. The number of nitrogens with zero attached hydrogens (tertiary/aromatic N) is 3. The fourth-order valence-corrected chi connectivity index (χ4v) is 4.96. The number of nitrogens with one attached hydrogen (secondary N) is 1. The van der Waals surface area contributed by atoms with Gasteiger partial charge in [-0.05, 0) is 86.1 Å². The number of halogens is 1. The van der Waals surface area contributed by atoms with E-state index in [1.54, 1.807) is 18.3 Å². The summed E-state index contributed by atoms with van der Waals surface area (Å²) in [6.07, 6.45) is 8.45. The molecule has 1 aliphatic rings. The van der Waals surface area contributed by atoms with Gasteiger partial charge in [-0.15, -0.1) is 0 Å². The summed E-state index contributed by atoms with van der Waals surface area (Å²) >= 11 is 6.08. The molecule has 2 aromatic heterocycles. The topological polar surface area (TPSA) is 105 Å². The Balaban J connectivity index is 1.43. The molecule has 37 heavy (non-hydrogen) atoms. The highest BCUT2D eigenvalue weighted by atomic mass is 35.5. The Morgan fingerprint density at radius 2 is 1.86 bits per heavy atom. The molecule has 7 nitrogen and oxygen atoms in total. The van der Waals surface area contributed by atoms with E-state index in [4.69, 9.17) is 26.7 Å². The van der Waals surface area contributed by atoms with Gasteiger partial charge in [-0.1, -0.05) is 23.7 Å². The Bertz CT molecular complexity index is 1460. The first-order valence-corrected chi connectivity index (χ1v) is 12.9. The normalized spacial score (nSPS) is 14.8. The predicted molar refractivity (Wildman–Crippen MR) is 143 cm³/mol. The summed E-state index contributed by atoms with van der Waals surface area (Å²) < 4.78 is 0. The van der Waals surface area contributed by atoms with Crippen LogP contribution in [-0.4, -0.2) is 31.9 Å². The van der Waals surface area contributed by atoms with E-state index in [1.807, 2.05) is 42.6 Å². The number of carboxylic acid groups (broad SMARTS) is 1. The van der Waals surface area contributed by atoms with Gasteiger partial charge in [0.25, 0.3) is 5.91 Å². The number of hydrogen-bond acceptors (Lipinski definition) is 5. The summed E-state index contributed by atoms with van der Waals surface area (Å²) in [5.41, 5.74) is 6.55. The Hall–Kier alpha value is -3.84. The van der Waals surface area contributed by atoms with Crippen LogP contribution >= 0.6 is 11.6 Å².